The fourth-order valence-corrected chi connectivity index (χ4v) is 3.43. The molecule has 0 aromatic heterocycles. The topological polar surface area (TPSA) is 266 Å². The first kappa shape index (κ1) is 34.2. The minimum atomic E-state index is -1.54. The van der Waals surface area contributed by atoms with Crippen molar-refractivity contribution in [1.29, 1.82) is 0 Å². The van der Waals surface area contributed by atoms with E-state index in [9.17, 15) is 38.7 Å². The maximum absolute atomic E-state index is 13.0. The molecule has 0 rings (SSSR count). The zero-order valence-electron chi connectivity index (χ0n) is 22.2. The summed E-state index contributed by atoms with van der Waals surface area (Å²) in [6.45, 7) is 6.74. The van der Waals surface area contributed by atoms with E-state index in [-0.39, 0.29) is 44.1 Å². The standard InChI is InChI=1S/C23H41N7O8/c1-11(2)7-14(27-19(33)10-24)21(35)29-15(9-18(26)32)22(36)28-13(5-6-17(25)31)20(34)30-16(23(37)38)8-12(3)4/h11-16H,5-10,24H2,1-4H3,(H2,25,31)(H2,26,32)(H,27,33)(H,28,36)(H,29,35)(H,30,34)(H,37,38)/t13-,14-,15-,16-/m0/s1. The van der Waals surface area contributed by atoms with E-state index in [1.807, 2.05) is 0 Å². The molecule has 4 atom stereocenters. The molecule has 0 aliphatic heterocycles. The fraction of sp³-hybridized carbons (Fsp3) is 0.696. The van der Waals surface area contributed by atoms with Crippen LogP contribution >= 0.6 is 0 Å². The molecule has 0 fully saturated rings. The van der Waals surface area contributed by atoms with Crippen LogP contribution in [0.4, 0.5) is 0 Å². The van der Waals surface area contributed by atoms with Gasteiger partial charge in [0.25, 0.3) is 0 Å². The Bertz CT molecular complexity index is 878. The molecule has 0 radical (unpaired) electrons. The van der Waals surface area contributed by atoms with Gasteiger partial charge in [0.2, 0.25) is 35.4 Å². The Morgan fingerprint density at radius 2 is 1.11 bits per heavy atom. The van der Waals surface area contributed by atoms with E-state index in [4.69, 9.17) is 17.2 Å². The molecular weight excluding hydrogens is 502 g/mol. The third-order valence-electron chi connectivity index (χ3n) is 5.22. The Hall–Kier alpha value is -3.75. The second-order valence-electron chi connectivity index (χ2n) is 9.78. The van der Waals surface area contributed by atoms with Gasteiger partial charge < -0.3 is 43.6 Å². The predicted octanol–water partition coefficient (Wildman–Crippen LogP) is -2.80. The number of amides is 6. The molecule has 0 spiro atoms. The Kier molecular flexibility index (Phi) is 15.2. The van der Waals surface area contributed by atoms with Crippen molar-refractivity contribution < 1.29 is 38.7 Å². The maximum atomic E-state index is 13.0. The number of carboxylic acids is 1. The van der Waals surface area contributed by atoms with Crippen molar-refractivity contribution in [3.8, 4) is 0 Å². The monoisotopic (exact) mass is 543 g/mol. The van der Waals surface area contributed by atoms with Crippen LogP contribution in [0.25, 0.3) is 0 Å². The van der Waals surface area contributed by atoms with Gasteiger partial charge in [-0.25, -0.2) is 4.79 Å². The maximum Gasteiger partial charge on any atom is 0.326 e. The summed E-state index contributed by atoms with van der Waals surface area (Å²) in [7, 11) is 0. The first-order valence-corrected chi connectivity index (χ1v) is 12.3. The van der Waals surface area contributed by atoms with Crippen LogP contribution in [0.2, 0.25) is 0 Å². The molecular formula is C23H41N7O8. The first-order valence-electron chi connectivity index (χ1n) is 12.3. The van der Waals surface area contributed by atoms with E-state index in [0.717, 1.165) is 0 Å². The molecule has 216 valence electrons. The van der Waals surface area contributed by atoms with Crippen molar-refractivity contribution in [2.75, 3.05) is 6.54 Å². The van der Waals surface area contributed by atoms with Gasteiger partial charge in [-0.05, 0) is 31.1 Å². The van der Waals surface area contributed by atoms with Gasteiger partial charge in [0.1, 0.15) is 24.2 Å². The Balaban J connectivity index is 5.83. The van der Waals surface area contributed by atoms with E-state index in [1.165, 1.54) is 0 Å². The van der Waals surface area contributed by atoms with Gasteiger partial charge in [0, 0.05) is 6.42 Å². The highest BCUT2D eigenvalue weighted by atomic mass is 16.4. The molecule has 0 bridgehead atoms. The quantitative estimate of drug-likeness (QED) is 0.0885. The van der Waals surface area contributed by atoms with Crippen LogP contribution in [0.1, 0.15) is 59.8 Å². The summed E-state index contributed by atoms with van der Waals surface area (Å²) < 4.78 is 0. The molecule has 0 aliphatic rings. The lowest BCUT2D eigenvalue weighted by atomic mass is 10.0. The highest BCUT2D eigenvalue weighted by Gasteiger charge is 2.32. The number of primary amides is 2. The number of nitrogens with one attached hydrogen (secondary N) is 4. The lowest BCUT2D eigenvalue weighted by Gasteiger charge is -2.26. The fourth-order valence-electron chi connectivity index (χ4n) is 3.43. The molecule has 0 aliphatic carbocycles. The van der Waals surface area contributed by atoms with E-state index >= 15 is 0 Å². The predicted molar refractivity (Wildman–Crippen MR) is 136 cm³/mol. The van der Waals surface area contributed by atoms with Crippen LogP contribution in [0.15, 0.2) is 0 Å². The molecule has 0 saturated heterocycles. The summed E-state index contributed by atoms with van der Waals surface area (Å²) in [5.74, 6) is -6.42. The summed E-state index contributed by atoms with van der Waals surface area (Å²) in [4.78, 5) is 85.0. The van der Waals surface area contributed by atoms with Crippen LogP contribution in [0, 0.1) is 11.8 Å². The molecule has 6 amide bonds. The van der Waals surface area contributed by atoms with Crippen LogP contribution in [0.5, 0.6) is 0 Å². The number of carboxylic acid groups (broad SMARTS) is 1. The molecule has 15 nitrogen and oxygen atoms in total. The number of hydrogen-bond donors (Lipinski definition) is 8. The second kappa shape index (κ2) is 16.9. The number of rotatable bonds is 18. The Morgan fingerprint density at radius 1 is 0.658 bits per heavy atom. The van der Waals surface area contributed by atoms with E-state index < -0.39 is 72.0 Å². The number of hydrogen-bond acceptors (Lipinski definition) is 8. The van der Waals surface area contributed by atoms with Crippen LogP contribution in [-0.2, 0) is 33.6 Å². The largest absolute Gasteiger partial charge is 0.480 e. The first-order chi connectivity index (χ1) is 17.6. The van der Waals surface area contributed by atoms with Crippen molar-refractivity contribution in [2.24, 2.45) is 29.0 Å². The highest BCUT2D eigenvalue weighted by molar-refractivity contribution is 5.97. The molecule has 0 saturated carbocycles. The smallest absolute Gasteiger partial charge is 0.326 e. The molecule has 0 aromatic carbocycles. The molecule has 0 unspecified atom stereocenters. The lowest BCUT2D eigenvalue weighted by molar-refractivity contribution is -0.143. The second-order valence-corrected chi connectivity index (χ2v) is 9.78. The molecule has 38 heavy (non-hydrogen) atoms. The van der Waals surface area contributed by atoms with Crippen LogP contribution < -0.4 is 38.5 Å². The van der Waals surface area contributed by atoms with E-state index in [0.29, 0.717) is 0 Å². The third kappa shape index (κ3) is 14.1. The number of carbonyl (C=O) groups excluding carboxylic acids is 6. The average Bonchev–Trinajstić information content (AvgIpc) is 2.78. The van der Waals surface area contributed by atoms with Crippen molar-refractivity contribution >= 4 is 41.4 Å². The van der Waals surface area contributed by atoms with E-state index in [2.05, 4.69) is 21.3 Å². The van der Waals surface area contributed by atoms with Crippen LogP contribution in [0.3, 0.4) is 0 Å². The number of aliphatic carboxylic acids is 1. The highest BCUT2D eigenvalue weighted by Crippen LogP contribution is 2.09. The minimum absolute atomic E-state index is 0.0397. The SMILES string of the molecule is CC(C)C[C@H](NC(=O)[C@H](CCC(N)=O)NC(=O)[C@H](CC(N)=O)NC(=O)[C@H](CC(C)C)NC(=O)CN)C(=O)O. The van der Waals surface area contributed by atoms with Gasteiger partial charge in [-0.3, -0.25) is 28.8 Å². The average molecular weight is 544 g/mol. The van der Waals surface area contributed by atoms with Crippen molar-refractivity contribution in [2.45, 2.75) is 84.0 Å². The van der Waals surface area contributed by atoms with Gasteiger partial charge in [-0.1, -0.05) is 27.7 Å². The molecule has 0 aromatic rings. The lowest BCUT2D eigenvalue weighted by Crippen LogP contribution is -2.58. The summed E-state index contributed by atoms with van der Waals surface area (Å²) in [5.41, 5.74) is 15.7. The zero-order valence-corrected chi connectivity index (χ0v) is 22.2. The van der Waals surface area contributed by atoms with Gasteiger partial charge >= 0.3 is 5.97 Å². The van der Waals surface area contributed by atoms with Gasteiger partial charge in [0.05, 0.1) is 13.0 Å². The zero-order chi connectivity index (χ0) is 29.6. The third-order valence-corrected chi connectivity index (χ3v) is 5.22. The summed E-state index contributed by atoms with van der Waals surface area (Å²) in [6, 6.07) is -5.30. The van der Waals surface area contributed by atoms with Gasteiger partial charge in [-0.2, -0.15) is 0 Å². The molecule has 11 N–H and O–H groups in total. The van der Waals surface area contributed by atoms with Crippen LogP contribution in [-0.4, -0.2) is 77.2 Å². The van der Waals surface area contributed by atoms with Gasteiger partial charge in [0.15, 0.2) is 0 Å². The summed E-state index contributed by atoms with van der Waals surface area (Å²) >= 11 is 0. The molecule has 15 heteroatoms. The minimum Gasteiger partial charge on any atom is -0.480 e. The van der Waals surface area contributed by atoms with E-state index in [1.54, 1.807) is 27.7 Å². The van der Waals surface area contributed by atoms with Crippen molar-refractivity contribution in [3.63, 3.8) is 0 Å². The molecule has 0 heterocycles. The van der Waals surface area contributed by atoms with Crippen molar-refractivity contribution in [1.82, 2.24) is 21.3 Å². The number of nitrogens with two attached hydrogens (primary N) is 3. The normalized spacial score (nSPS) is 14.1. The summed E-state index contributed by atoms with van der Waals surface area (Å²) in [6.07, 6.45) is -0.955. The van der Waals surface area contributed by atoms with Gasteiger partial charge in [-0.15, -0.1) is 0 Å². The number of carbonyl (C=O) groups is 7. The Morgan fingerprint density at radius 3 is 1.55 bits per heavy atom. The Labute approximate surface area is 221 Å². The van der Waals surface area contributed by atoms with Crippen molar-refractivity contribution in [3.05, 3.63) is 0 Å². The summed E-state index contributed by atoms with van der Waals surface area (Å²) in [5, 5.41) is 18.9.